The van der Waals surface area contributed by atoms with E-state index in [0.29, 0.717) is 5.56 Å². The van der Waals surface area contributed by atoms with Crippen molar-refractivity contribution in [1.29, 1.82) is 0 Å². The van der Waals surface area contributed by atoms with Gasteiger partial charge in [-0.25, -0.2) is 0 Å². The second-order valence-electron chi connectivity index (χ2n) is 5.55. The van der Waals surface area contributed by atoms with Crippen LogP contribution in [0.1, 0.15) is 22.6 Å². The van der Waals surface area contributed by atoms with Crippen molar-refractivity contribution in [3.8, 4) is 5.75 Å². The van der Waals surface area contributed by atoms with Crippen molar-refractivity contribution in [3.05, 3.63) is 108 Å². The maximum absolute atomic E-state index is 12.9. The summed E-state index contributed by atoms with van der Waals surface area (Å²) in [6.45, 7) is 0. The minimum Gasteiger partial charge on any atom is -0.507 e. The van der Waals surface area contributed by atoms with Gasteiger partial charge in [0.15, 0.2) is 5.78 Å². The number of phenols is 1. The first-order valence-corrected chi connectivity index (χ1v) is 7.85. The van der Waals surface area contributed by atoms with E-state index in [4.69, 9.17) is 0 Å². The second kappa shape index (κ2) is 7.42. The fraction of sp³-hybridized carbons (Fsp3) is 0.0455. The van der Waals surface area contributed by atoms with Gasteiger partial charge in [-0.3, -0.25) is 4.79 Å². The molecule has 0 saturated heterocycles. The van der Waals surface area contributed by atoms with E-state index in [9.17, 15) is 9.90 Å². The molecule has 0 spiro atoms. The summed E-state index contributed by atoms with van der Waals surface area (Å²) < 4.78 is 0. The molecular weight excluding hydrogens is 296 g/mol. The SMILES string of the molecule is O=C(/C=C/c1ccccc1O)C(c1ccccc1)c1ccccc1. The Morgan fingerprint density at radius 3 is 1.79 bits per heavy atom. The van der Waals surface area contributed by atoms with E-state index in [1.807, 2.05) is 66.7 Å². The van der Waals surface area contributed by atoms with Crippen molar-refractivity contribution in [2.24, 2.45) is 0 Å². The van der Waals surface area contributed by atoms with E-state index in [-0.39, 0.29) is 17.5 Å². The highest BCUT2D eigenvalue weighted by atomic mass is 16.3. The van der Waals surface area contributed by atoms with Gasteiger partial charge in [0.1, 0.15) is 5.75 Å². The highest BCUT2D eigenvalue weighted by Gasteiger charge is 2.20. The van der Waals surface area contributed by atoms with Crippen molar-refractivity contribution in [1.82, 2.24) is 0 Å². The van der Waals surface area contributed by atoms with Crippen LogP contribution in [0.3, 0.4) is 0 Å². The summed E-state index contributed by atoms with van der Waals surface area (Å²) >= 11 is 0. The van der Waals surface area contributed by atoms with Gasteiger partial charge in [-0.2, -0.15) is 0 Å². The van der Waals surface area contributed by atoms with E-state index in [0.717, 1.165) is 11.1 Å². The van der Waals surface area contributed by atoms with Gasteiger partial charge in [0.05, 0.1) is 5.92 Å². The van der Waals surface area contributed by atoms with E-state index in [2.05, 4.69) is 0 Å². The third-order valence-corrected chi connectivity index (χ3v) is 3.91. The molecule has 2 nitrogen and oxygen atoms in total. The summed E-state index contributed by atoms with van der Waals surface area (Å²) in [5, 5.41) is 9.83. The van der Waals surface area contributed by atoms with Crippen LogP contribution in [0, 0.1) is 0 Å². The molecule has 0 amide bonds. The molecule has 1 N–H and O–H groups in total. The Kier molecular flexibility index (Phi) is 4.87. The summed E-state index contributed by atoms with van der Waals surface area (Å²) in [4.78, 5) is 12.9. The predicted molar refractivity (Wildman–Crippen MR) is 96.9 cm³/mol. The molecule has 0 saturated carbocycles. The molecule has 3 aromatic carbocycles. The lowest BCUT2D eigenvalue weighted by Crippen LogP contribution is -2.11. The highest BCUT2D eigenvalue weighted by Crippen LogP contribution is 2.27. The Balaban J connectivity index is 1.94. The minimum atomic E-state index is -0.352. The molecule has 3 aromatic rings. The zero-order valence-corrected chi connectivity index (χ0v) is 13.2. The third kappa shape index (κ3) is 3.61. The molecule has 0 aliphatic heterocycles. The van der Waals surface area contributed by atoms with Crippen molar-refractivity contribution < 1.29 is 9.90 Å². The summed E-state index contributed by atoms with van der Waals surface area (Å²) in [5.41, 5.74) is 2.54. The fourth-order valence-corrected chi connectivity index (χ4v) is 2.71. The number of phenolic OH excluding ortho intramolecular Hbond substituents is 1. The van der Waals surface area contributed by atoms with Crippen LogP contribution in [-0.4, -0.2) is 10.9 Å². The van der Waals surface area contributed by atoms with E-state index < -0.39 is 0 Å². The Morgan fingerprint density at radius 1 is 0.750 bits per heavy atom. The van der Waals surface area contributed by atoms with Gasteiger partial charge in [0.25, 0.3) is 0 Å². The van der Waals surface area contributed by atoms with Crippen LogP contribution >= 0.6 is 0 Å². The lowest BCUT2D eigenvalue weighted by atomic mass is 9.87. The first-order chi connectivity index (χ1) is 11.8. The molecule has 0 unspecified atom stereocenters. The molecule has 0 heterocycles. The van der Waals surface area contributed by atoms with Gasteiger partial charge in [-0.1, -0.05) is 78.9 Å². The average Bonchev–Trinajstić information content (AvgIpc) is 2.63. The Morgan fingerprint density at radius 2 is 1.25 bits per heavy atom. The van der Waals surface area contributed by atoms with Gasteiger partial charge >= 0.3 is 0 Å². The normalized spacial score (nSPS) is 11.0. The lowest BCUT2D eigenvalue weighted by Gasteiger charge is -2.15. The monoisotopic (exact) mass is 314 g/mol. The molecule has 0 bridgehead atoms. The quantitative estimate of drug-likeness (QED) is 0.686. The van der Waals surface area contributed by atoms with Gasteiger partial charge in [-0.15, -0.1) is 0 Å². The van der Waals surface area contributed by atoms with Crippen LogP contribution in [0.4, 0.5) is 0 Å². The third-order valence-electron chi connectivity index (χ3n) is 3.91. The highest BCUT2D eigenvalue weighted by molar-refractivity contribution is 6.00. The van der Waals surface area contributed by atoms with Crippen LogP contribution in [0.2, 0.25) is 0 Å². The number of rotatable bonds is 5. The number of carbonyl (C=O) groups is 1. The molecule has 0 aliphatic rings. The summed E-state index contributed by atoms with van der Waals surface area (Å²) in [7, 11) is 0. The summed E-state index contributed by atoms with van der Waals surface area (Å²) in [6, 6.07) is 26.4. The van der Waals surface area contributed by atoms with Gasteiger partial charge in [0, 0.05) is 5.56 Å². The average molecular weight is 314 g/mol. The number of benzene rings is 3. The summed E-state index contributed by atoms with van der Waals surface area (Å²) in [6.07, 6.45) is 3.20. The minimum absolute atomic E-state index is 0.0179. The van der Waals surface area contributed by atoms with Crippen LogP contribution < -0.4 is 0 Å². The van der Waals surface area contributed by atoms with Crippen LogP contribution in [0.25, 0.3) is 6.08 Å². The van der Waals surface area contributed by atoms with Crippen LogP contribution in [0.15, 0.2) is 91.0 Å². The molecular formula is C22H18O2. The Hall–Kier alpha value is -3.13. The zero-order valence-electron chi connectivity index (χ0n) is 13.2. The number of ketones is 1. The number of carbonyl (C=O) groups excluding carboxylic acids is 1. The van der Waals surface area contributed by atoms with Crippen molar-refractivity contribution in [2.75, 3.05) is 0 Å². The predicted octanol–water partition coefficient (Wildman–Crippen LogP) is 4.81. The van der Waals surface area contributed by atoms with Crippen LogP contribution in [-0.2, 0) is 4.79 Å². The first kappa shape index (κ1) is 15.8. The van der Waals surface area contributed by atoms with E-state index in [1.54, 1.807) is 30.4 Å². The maximum Gasteiger partial charge on any atom is 0.167 e. The zero-order chi connectivity index (χ0) is 16.8. The van der Waals surface area contributed by atoms with Crippen molar-refractivity contribution in [2.45, 2.75) is 5.92 Å². The molecule has 0 atom stereocenters. The number of hydrogen-bond acceptors (Lipinski definition) is 2. The van der Waals surface area contributed by atoms with E-state index >= 15 is 0 Å². The smallest absolute Gasteiger partial charge is 0.167 e. The lowest BCUT2D eigenvalue weighted by molar-refractivity contribution is -0.115. The molecule has 118 valence electrons. The molecule has 0 fully saturated rings. The number of para-hydroxylation sites is 1. The Labute approximate surface area is 141 Å². The van der Waals surface area contributed by atoms with Gasteiger partial charge < -0.3 is 5.11 Å². The summed E-state index contributed by atoms with van der Waals surface area (Å²) in [5.74, 6) is -0.206. The van der Waals surface area contributed by atoms with Crippen molar-refractivity contribution >= 4 is 11.9 Å². The van der Waals surface area contributed by atoms with E-state index in [1.165, 1.54) is 0 Å². The van der Waals surface area contributed by atoms with Gasteiger partial charge in [-0.05, 0) is 29.3 Å². The first-order valence-electron chi connectivity index (χ1n) is 7.85. The molecule has 0 radical (unpaired) electrons. The Bertz CT molecular complexity index is 797. The van der Waals surface area contributed by atoms with Gasteiger partial charge in [0.2, 0.25) is 0 Å². The number of hydrogen-bond donors (Lipinski definition) is 1. The molecule has 0 aliphatic carbocycles. The fourth-order valence-electron chi connectivity index (χ4n) is 2.71. The molecule has 2 heteroatoms. The molecule has 24 heavy (non-hydrogen) atoms. The second-order valence-corrected chi connectivity index (χ2v) is 5.55. The topological polar surface area (TPSA) is 37.3 Å². The standard InChI is InChI=1S/C22H18O2/c23-20-14-8-7-9-17(20)15-16-21(24)22(18-10-3-1-4-11-18)19-12-5-2-6-13-19/h1-16,22-23H/b16-15+. The molecule has 0 aromatic heterocycles. The van der Waals surface area contributed by atoms with Crippen LogP contribution in [0.5, 0.6) is 5.75 Å². The largest absolute Gasteiger partial charge is 0.507 e. The maximum atomic E-state index is 12.9. The van der Waals surface area contributed by atoms with Crippen molar-refractivity contribution in [3.63, 3.8) is 0 Å². The number of allylic oxidation sites excluding steroid dienone is 1. The number of aromatic hydroxyl groups is 1. The molecule has 3 rings (SSSR count).